The molecule has 1 amide bonds. The number of benzene rings is 2. The van der Waals surface area contributed by atoms with Gasteiger partial charge in [0.1, 0.15) is 0 Å². The first-order valence-corrected chi connectivity index (χ1v) is 9.72. The molecule has 0 aliphatic rings. The molecule has 6 heteroatoms. The quantitative estimate of drug-likeness (QED) is 0.797. The third kappa shape index (κ3) is 5.69. The van der Waals surface area contributed by atoms with E-state index in [1.807, 2.05) is 19.1 Å². The van der Waals surface area contributed by atoms with Gasteiger partial charge in [0.25, 0.3) is 5.91 Å². The summed E-state index contributed by atoms with van der Waals surface area (Å²) < 4.78 is 26.7. The van der Waals surface area contributed by atoms with Crippen LogP contribution in [-0.2, 0) is 16.4 Å². The fourth-order valence-electron chi connectivity index (χ4n) is 2.34. The van der Waals surface area contributed by atoms with Gasteiger partial charge in [-0.2, -0.15) is 0 Å². The van der Waals surface area contributed by atoms with Gasteiger partial charge in [0.05, 0.1) is 4.90 Å². The molecule has 25 heavy (non-hydrogen) atoms. The number of hydrogen-bond acceptors (Lipinski definition) is 3. The summed E-state index contributed by atoms with van der Waals surface area (Å²) in [7, 11) is -3.47. The summed E-state index contributed by atoms with van der Waals surface area (Å²) in [5.74, 6) is -0.111. The van der Waals surface area contributed by atoms with Gasteiger partial charge in [0, 0.05) is 18.2 Å². The van der Waals surface area contributed by atoms with E-state index < -0.39 is 10.0 Å². The summed E-state index contributed by atoms with van der Waals surface area (Å²) in [5.41, 5.74) is 2.71. The predicted molar refractivity (Wildman–Crippen MR) is 99.1 cm³/mol. The minimum Gasteiger partial charge on any atom is -0.352 e. The highest BCUT2D eigenvalue weighted by molar-refractivity contribution is 7.89. The number of carbonyl (C=O) groups excluding carboxylic acids is 1. The Balaban J connectivity index is 1.89. The van der Waals surface area contributed by atoms with E-state index in [1.54, 1.807) is 50.2 Å². The Hall–Kier alpha value is -2.18. The lowest BCUT2D eigenvalue weighted by atomic mass is 10.1. The normalized spacial score (nSPS) is 11.5. The van der Waals surface area contributed by atoms with Crippen molar-refractivity contribution < 1.29 is 13.2 Å². The molecule has 0 radical (unpaired) electrons. The Morgan fingerprint density at radius 3 is 2.16 bits per heavy atom. The lowest BCUT2D eigenvalue weighted by Gasteiger charge is -2.10. The van der Waals surface area contributed by atoms with Crippen LogP contribution in [0.1, 0.15) is 35.3 Å². The number of aryl methyl sites for hydroxylation is 1. The second-order valence-electron chi connectivity index (χ2n) is 6.29. The van der Waals surface area contributed by atoms with Crippen LogP contribution in [0.25, 0.3) is 0 Å². The van der Waals surface area contributed by atoms with Gasteiger partial charge in [-0.15, -0.1) is 0 Å². The van der Waals surface area contributed by atoms with Crippen molar-refractivity contribution in [3.8, 4) is 0 Å². The Labute approximate surface area is 149 Å². The van der Waals surface area contributed by atoms with Crippen LogP contribution in [0.4, 0.5) is 0 Å². The second kappa shape index (κ2) is 8.27. The van der Waals surface area contributed by atoms with Gasteiger partial charge < -0.3 is 5.32 Å². The molecule has 0 spiro atoms. The molecule has 5 nitrogen and oxygen atoms in total. The Kier molecular flexibility index (Phi) is 6.33. The molecule has 0 aliphatic carbocycles. The van der Waals surface area contributed by atoms with E-state index in [9.17, 15) is 13.2 Å². The van der Waals surface area contributed by atoms with E-state index in [2.05, 4.69) is 10.0 Å². The van der Waals surface area contributed by atoms with Crippen LogP contribution in [0.15, 0.2) is 53.4 Å². The summed E-state index contributed by atoms with van der Waals surface area (Å²) >= 11 is 0. The average Bonchev–Trinajstić information content (AvgIpc) is 2.54. The average molecular weight is 360 g/mol. The van der Waals surface area contributed by atoms with Crippen molar-refractivity contribution in [3.05, 3.63) is 65.2 Å². The van der Waals surface area contributed by atoms with Gasteiger partial charge in [0.15, 0.2) is 0 Å². The van der Waals surface area contributed by atoms with Crippen LogP contribution < -0.4 is 10.0 Å². The Morgan fingerprint density at radius 2 is 1.60 bits per heavy atom. The molecule has 0 bridgehead atoms. The van der Waals surface area contributed by atoms with Crippen LogP contribution in [0.5, 0.6) is 0 Å². The molecule has 0 heterocycles. The van der Waals surface area contributed by atoms with Crippen LogP contribution in [-0.4, -0.2) is 26.9 Å². The molecule has 2 aromatic rings. The van der Waals surface area contributed by atoms with Crippen molar-refractivity contribution in [1.82, 2.24) is 10.0 Å². The SMILES string of the molecule is Cc1ccc(C(=O)NCCc2ccc(S(=O)(=O)NC(C)C)cc2)cc1. The van der Waals surface area contributed by atoms with Crippen molar-refractivity contribution >= 4 is 15.9 Å². The van der Waals surface area contributed by atoms with E-state index >= 15 is 0 Å². The minimum atomic E-state index is -3.47. The van der Waals surface area contributed by atoms with Crippen molar-refractivity contribution in [2.75, 3.05) is 6.54 Å². The summed E-state index contributed by atoms with van der Waals surface area (Å²) in [6, 6.07) is 14.0. The zero-order chi connectivity index (χ0) is 18.4. The van der Waals surface area contributed by atoms with E-state index in [4.69, 9.17) is 0 Å². The van der Waals surface area contributed by atoms with E-state index in [1.165, 1.54) is 0 Å². The topological polar surface area (TPSA) is 75.3 Å². The molecule has 0 saturated carbocycles. The monoisotopic (exact) mass is 360 g/mol. The highest BCUT2D eigenvalue weighted by Crippen LogP contribution is 2.11. The number of nitrogens with one attached hydrogen (secondary N) is 2. The van der Waals surface area contributed by atoms with Gasteiger partial charge in [-0.3, -0.25) is 4.79 Å². The molecule has 0 aliphatic heterocycles. The van der Waals surface area contributed by atoms with Crippen molar-refractivity contribution in [2.45, 2.75) is 38.1 Å². The molecule has 134 valence electrons. The third-order valence-electron chi connectivity index (χ3n) is 3.64. The molecule has 2 aromatic carbocycles. The molecule has 0 unspecified atom stereocenters. The van der Waals surface area contributed by atoms with Crippen LogP contribution >= 0.6 is 0 Å². The predicted octanol–water partition coefficient (Wildman–Crippen LogP) is 2.65. The maximum Gasteiger partial charge on any atom is 0.251 e. The standard InChI is InChI=1S/C19H24N2O3S/c1-14(2)21-25(23,24)18-10-6-16(7-11-18)12-13-20-19(22)17-8-4-15(3)5-9-17/h4-11,14,21H,12-13H2,1-3H3,(H,20,22). The molecular formula is C19H24N2O3S. The van der Waals surface area contributed by atoms with Crippen molar-refractivity contribution in [3.63, 3.8) is 0 Å². The fourth-order valence-corrected chi connectivity index (χ4v) is 3.59. The van der Waals surface area contributed by atoms with Gasteiger partial charge in [-0.25, -0.2) is 13.1 Å². The van der Waals surface area contributed by atoms with Gasteiger partial charge in [-0.05, 0) is 57.0 Å². The van der Waals surface area contributed by atoms with Crippen molar-refractivity contribution in [1.29, 1.82) is 0 Å². The highest BCUT2D eigenvalue weighted by atomic mass is 32.2. The summed E-state index contributed by atoms with van der Waals surface area (Å²) in [6.45, 7) is 6.02. The van der Waals surface area contributed by atoms with Gasteiger partial charge in [-0.1, -0.05) is 29.8 Å². The zero-order valence-corrected chi connectivity index (χ0v) is 15.6. The van der Waals surface area contributed by atoms with E-state index in [-0.39, 0.29) is 16.8 Å². The minimum absolute atomic E-state index is 0.111. The zero-order valence-electron chi connectivity index (χ0n) is 14.7. The first-order valence-electron chi connectivity index (χ1n) is 8.24. The van der Waals surface area contributed by atoms with Crippen LogP contribution in [0.2, 0.25) is 0 Å². The van der Waals surface area contributed by atoms with Crippen molar-refractivity contribution in [2.24, 2.45) is 0 Å². The van der Waals surface area contributed by atoms with Crippen LogP contribution in [0, 0.1) is 6.92 Å². The molecule has 0 fully saturated rings. The third-order valence-corrected chi connectivity index (χ3v) is 5.31. The molecule has 0 saturated heterocycles. The largest absolute Gasteiger partial charge is 0.352 e. The lowest BCUT2D eigenvalue weighted by molar-refractivity contribution is 0.0954. The van der Waals surface area contributed by atoms with E-state index in [0.717, 1.165) is 11.1 Å². The summed E-state index contributed by atoms with van der Waals surface area (Å²) in [6.07, 6.45) is 0.634. The van der Waals surface area contributed by atoms with E-state index in [0.29, 0.717) is 18.5 Å². The number of hydrogen-bond donors (Lipinski definition) is 2. The maximum absolute atomic E-state index is 12.1. The summed E-state index contributed by atoms with van der Waals surface area (Å²) in [5, 5.41) is 2.87. The number of amides is 1. The first kappa shape index (κ1) is 19.1. The van der Waals surface area contributed by atoms with Crippen LogP contribution in [0.3, 0.4) is 0 Å². The molecule has 2 rings (SSSR count). The number of rotatable bonds is 7. The fraction of sp³-hybridized carbons (Fsp3) is 0.316. The highest BCUT2D eigenvalue weighted by Gasteiger charge is 2.14. The lowest BCUT2D eigenvalue weighted by Crippen LogP contribution is -2.30. The Morgan fingerprint density at radius 1 is 1.00 bits per heavy atom. The second-order valence-corrected chi connectivity index (χ2v) is 8.01. The molecule has 0 atom stereocenters. The van der Waals surface area contributed by atoms with Gasteiger partial charge >= 0.3 is 0 Å². The number of sulfonamides is 1. The summed E-state index contributed by atoms with van der Waals surface area (Å²) in [4.78, 5) is 12.3. The molecule has 2 N–H and O–H groups in total. The van der Waals surface area contributed by atoms with Gasteiger partial charge in [0.2, 0.25) is 10.0 Å². The number of carbonyl (C=O) groups is 1. The molecular weight excluding hydrogens is 336 g/mol. The smallest absolute Gasteiger partial charge is 0.251 e. The maximum atomic E-state index is 12.1. The Bertz CT molecular complexity index is 811. The molecule has 0 aromatic heterocycles. The first-order chi connectivity index (χ1) is 11.8.